The van der Waals surface area contributed by atoms with E-state index >= 15 is 0 Å². The molecule has 0 heterocycles. The molecule has 0 aromatic rings. The van der Waals surface area contributed by atoms with Gasteiger partial charge in [-0.15, -0.1) is 0 Å². The molecule has 89 heavy (non-hydrogen) atoms. The van der Waals surface area contributed by atoms with Gasteiger partial charge in [-0.1, -0.05) is 293 Å². The molecule has 0 fully saturated rings. The Labute approximate surface area is 543 Å². The number of unbranched alkanes of at least 4 members (excludes halogenated alkanes) is 31. The fourth-order valence-electron chi connectivity index (χ4n) is 10.4. The van der Waals surface area contributed by atoms with Crippen molar-refractivity contribution in [1.29, 1.82) is 0 Å². The first-order valence-electron chi connectivity index (χ1n) is 36.3. The molecular weight excluding hydrogens is 1170 g/mol. The van der Waals surface area contributed by atoms with Crippen LogP contribution in [0.5, 0.6) is 0 Å². The van der Waals surface area contributed by atoms with Gasteiger partial charge in [0.25, 0.3) is 0 Å². The highest BCUT2D eigenvalue weighted by atomic mass is 31.2. The maximum absolute atomic E-state index is 13.0. The molecule has 0 bridgehead atoms. The first-order valence-corrected chi connectivity index (χ1v) is 39.3. The Hall–Kier alpha value is -1.94. The third-order valence-corrected chi connectivity index (χ3v) is 18.7. The number of phosphoric ester groups is 2. The number of aliphatic hydroxyl groups excluding tert-OH is 1. The quantitative estimate of drug-likeness (QED) is 0.0222. The van der Waals surface area contributed by atoms with Crippen molar-refractivity contribution < 1.29 is 80.2 Å². The summed E-state index contributed by atoms with van der Waals surface area (Å²) in [6.07, 6.45) is 41.8. The van der Waals surface area contributed by atoms with E-state index in [0.717, 1.165) is 114 Å². The summed E-state index contributed by atoms with van der Waals surface area (Å²) in [5, 5.41) is 10.6. The van der Waals surface area contributed by atoms with Crippen LogP contribution in [-0.4, -0.2) is 96.7 Å². The van der Waals surface area contributed by atoms with E-state index in [1.807, 2.05) is 0 Å². The number of ether oxygens (including phenoxy) is 4. The van der Waals surface area contributed by atoms with Crippen LogP contribution in [0.15, 0.2) is 0 Å². The van der Waals surface area contributed by atoms with Crippen LogP contribution in [0.3, 0.4) is 0 Å². The van der Waals surface area contributed by atoms with Gasteiger partial charge in [0.2, 0.25) is 0 Å². The molecule has 0 aliphatic carbocycles. The van der Waals surface area contributed by atoms with Crippen molar-refractivity contribution in [3.05, 3.63) is 0 Å². The zero-order valence-corrected chi connectivity index (χ0v) is 59.8. The van der Waals surface area contributed by atoms with Crippen molar-refractivity contribution in [1.82, 2.24) is 0 Å². The van der Waals surface area contributed by atoms with Crippen LogP contribution in [0.25, 0.3) is 0 Å². The zero-order chi connectivity index (χ0) is 66.1. The molecule has 0 aliphatic heterocycles. The molecule has 0 aromatic heterocycles. The number of carbonyl (C=O) groups excluding carboxylic acids is 4. The number of esters is 4. The zero-order valence-electron chi connectivity index (χ0n) is 58.1. The van der Waals surface area contributed by atoms with E-state index < -0.39 is 97.5 Å². The maximum atomic E-state index is 13.0. The molecule has 0 spiro atoms. The van der Waals surface area contributed by atoms with Crippen LogP contribution in [-0.2, 0) is 65.4 Å². The van der Waals surface area contributed by atoms with Gasteiger partial charge in [-0.05, 0) is 49.4 Å². The molecular formula is C70H136O17P2. The predicted octanol–water partition coefficient (Wildman–Crippen LogP) is 19.7. The highest BCUT2D eigenvalue weighted by molar-refractivity contribution is 7.47. The minimum atomic E-state index is -4.95. The lowest BCUT2D eigenvalue weighted by atomic mass is 9.99. The van der Waals surface area contributed by atoms with Gasteiger partial charge in [-0.25, -0.2) is 9.13 Å². The summed E-state index contributed by atoms with van der Waals surface area (Å²) in [5.74, 6) is 0.860. The van der Waals surface area contributed by atoms with Gasteiger partial charge in [0, 0.05) is 25.7 Å². The molecule has 0 aliphatic rings. The van der Waals surface area contributed by atoms with E-state index in [-0.39, 0.29) is 25.7 Å². The van der Waals surface area contributed by atoms with Crippen LogP contribution in [0.1, 0.15) is 344 Å². The lowest BCUT2D eigenvalue weighted by molar-refractivity contribution is -0.161. The van der Waals surface area contributed by atoms with Gasteiger partial charge < -0.3 is 33.8 Å². The number of carbonyl (C=O) groups is 4. The molecule has 528 valence electrons. The van der Waals surface area contributed by atoms with Gasteiger partial charge in [0.05, 0.1) is 26.4 Å². The molecule has 3 N–H and O–H groups in total. The van der Waals surface area contributed by atoms with Crippen LogP contribution in [0.2, 0.25) is 0 Å². The minimum absolute atomic E-state index is 0.101. The smallest absolute Gasteiger partial charge is 0.462 e. The normalized spacial score (nSPS) is 14.9. The Balaban J connectivity index is 5.24. The second kappa shape index (κ2) is 59.8. The molecule has 4 unspecified atom stereocenters. The number of rotatable bonds is 67. The molecule has 0 aromatic carbocycles. The fraction of sp³-hybridized carbons (Fsp3) is 0.943. The van der Waals surface area contributed by atoms with Crippen molar-refractivity contribution in [2.45, 2.75) is 363 Å². The van der Waals surface area contributed by atoms with Crippen molar-refractivity contribution in [3.8, 4) is 0 Å². The Bertz CT molecular complexity index is 1770. The molecule has 17 nitrogen and oxygen atoms in total. The first-order chi connectivity index (χ1) is 42.7. The largest absolute Gasteiger partial charge is 0.472 e. The fourth-order valence-corrected chi connectivity index (χ4v) is 12.0. The van der Waals surface area contributed by atoms with Crippen LogP contribution < -0.4 is 0 Å². The van der Waals surface area contributed by atoms with Gasteiger partial charge >= 0.3 is 39.5 Å². The Morgan fingerprint density at radius 3 is 0.798 bits per heavy atom. The predicted molar refractivity (Wildman–Crippen MR) is 358 cm³/mol. The molecule has 7 atom stereocenters. The maximum Gasteiger partial charge on any atom is 0.472 e. The topological polar surface area (TPSA) is 237 Å². The average Bonchev–Trinajstić information content (AvgIpc) is 3.71. The highest BCUT2D eigenvalue weighted by Gasteiger charge is 2.30. The summed E-state index contributed by atoms with van der Waals surface area (Å²) in [7, 11) is -9.90. The lowest BCUT2D eigenvalue weighted by Gasteiger charge is -2.21. The lowest BCUT2D eigenvalue weighted by Crippen LogP contribution is -2.30. The number of hydrogen-bond donors (Lipinski definition) is 3. The van der Waals surface area contributed by atoms with Gasteiger partial charge in [0.15, 0.2) is 12.2 Å². The standard InChI is InChI=1S/C70H136O17P2/c1-9-62(7)48-40-32-23-19-16-17-21-25-36-44-52-69(74)86-65(56-80-67(72)50-42-34-24-20-15-13-11-12-14-18-22-30-38-46-60(3)4)58-84-88(76,77)82-54-64(71)55-83-89(78,79)85-59-66(87-70(75)53-45-37-28-26-31-39-47-61(5)6)57-81-68(73)51-43-35-29-27-33-41-49-63(8)10-2/h60-66,71H,9-59H2,1-8H3,(H,76,77)(H,78,79)/t62?,63?,64-,65-,66-/m1/s1. The summed E-state index contributed by atoms with van der Waals surface area (Å²) >= 11 is 0. The van der Waals surface area contributed by atoms with Crippen molar-refractivity contribution in [2.75, 3.05) is 39.6 Å². The molecule has 0 amide bonds. The summed E-state index contributed by atoms with van der Waals surface area (Å²) in [4.78, 5) is 72.5. The second-order valence-corrected chi connectivity index (χ2v) is 29.6. The summed E-state index contributed by atoms with van der Waals surface area (Å²) < 4.78 is 68.2. The van der Waals surface area contributed by atoms with E-state index in [0.29, 0.717) is 31.6 Å². The van der Waals surface area contributed by atoms with Crippen LogP contribution >= 0.6 is 15.6 Å². The van der Waals surface area contributed by atoms with Gasteiger partial charge in [-0.2, -0.15) is 0 Å². The van der Waals surface area contributed by atoms with E-state index in [9.17, 15) is 43.2 Å². The van der Waals surface area contributed by atoms with E-state index in [2.05, 4.69) is 55.4 Å². The number of aliphatic hydroxyl groups is 1. The second-order valence-electron chi connectivity index (χ2n) is 26.7. The third-order valence-electron chi connectivity index (χ3n) is 16.8. The van der Waals surface area contributed by atoms with Crippen LogP contribution in [0.4, 0.5) is 0 Å². The summed E-state index contributed by atoms with van der Waals surface area (Å²) in [5.41, 5.74) is 0. The molecule has 0 saturated carbocycles. The first kappa shape index (κ1) is 87.1. The van der Waals surface area contributed by atoms with E-state index in [4.69, 9.17) is 37.0 Å². The Morgan fingerprint density at radius 2 is 0.539 bits per heavy atom. The third kappa shape index (κ3) is 62.0. The highest BCUT2D eigenvalue weighted by Crippen LogP contribution is 2.45. The molecule has 0 rings (SSSR count). The minimum Gasteiger partial charge on any atom is -0.462 e. The van der Waals surface area contributed by atoms with E-state index in [1.54, 1.807) is 0 Å². The summed E-state index contributed by atoms with van der Waals surface area (Å²) in [6, 6.07) is 0. The van der Waals surface area contributed by atoms with Crippen molar-refractivity contribution in [2.24, 2.45) is 23.7 Å². The Kier molecular flexibility index (Phi) is 58.5. The monoisotopic (exact) mass is 1310 g/mol. The van der Waals surface area contributed by atoms with Gasteiger partial charge in [-0.3, -0.25) is 37.3 Å². The SMILES string of the molecule is CCC(C)CCCCCCCCCCCCC(=O)O[C@H](COC(=O)CCCCCCCCCCCCCCCC(C)C)COP(=O)(O)OC[C@@H](O)COP(=O)(O)OC[C@@H](COC(=O)CCCCCCCCC(C)CC)OC(=O)CCCCCCCCC(C)C. The average molecular weight is 1310 g/mol. The number of hydrogen-bond acceptors (Lipinski definition) is 15. The molecule has 0 saturated heterocycles. The number of phosphoric acid groups is 2. The Morgan fingerprint density at radius 1 is 0.315 bits per heavy atom. The summed E-state index contributed by atoms with van der Waals surface area (Å²) in [6.45, 7) is 14.1. The molecule has 19 heteroatoms. The van der Waals surface area contributed by atoms with Gasteiger partial charge in [0.1, 0.15) is 19.3 Å². The molecule has 0 radical (unpaired) electrons. The van der Waals surface area contributed by atoms with Crippen molar-refractivity contribution >= 4 is 39.5 Å². The van der Waals surface area contributed by atoms with Crippen molar-refractivity contribution in [3.63, 3.8) is 0 Å². The van der Waals surface area contributed by atoms with E-state index in [1.165, 1.54) is 141 Å². The van der Waals surface area contributed by atoms with Crippen LogP contribution in [0, 0.1) is 23.7 Å².